The van der Waals surface area contributed by atoms with E-state index in [4.69, 9.17) is 11.6 Å². The van der Waals surface area contributed by atoms with Crippen LogP contribution in [-0.4, -0.2) is 25.8 Å². The van der Waals surface area contributed by atoms with Crippen molar-refractivity contribution in [1.29, 1.82) is 0 Å². The number of nitrogens with zero attached hydrogens (tertiary/aromatic N) is 3. The molecule has 0 aliphatic rings. The summed E-state index contributed by atoms with van der Waals surface area (Å²) in [6.45, 7) is 0.0493. The maximum atomic E-state index is 14.4. The molecule has 174 valence electrons. The number of hydrogen-bond acceptors (Lipinski definition) is 4. The fraction of sp³-hybridized carbons (Fsp3) is 0.111. The molecule has 0 saturated heterocycles. The third-order valence-electron chi connectivity index (χ3n) is 5.75. The molecule has 0 bridgehead atoms. The van der Waals surface area contributed by atoms with Crippen molar-refractivity contribution in [2.45, 2.75) is 19.4 Å². The quantitative estimate of drug-likeness (QED) is 0.329. The Hall–Kier alpha value is -4.10. The average molecular weight is 486 g/mol. The van der Waals surface area contributed by atoms with Crippen LogP contribution in [0.15, 0.2) is 79.6 Å². The summed E-state index contributed by atoms with van der Waals surface area (Å²) in [4.78, 5) is 28.1. The van der Waals surface area contributed by atoms with E-state index in [1.54, 1.807) is 30.6 Å². The second-order valence-electron chi connectivity index (χ2n) is 8.26. The predicted molar refractivity (Wildman–Crippen MR) is 133 cm³/mol. The molecular weight excluding hydrogens is 465 g/mol. The van der Waals surface area contributed by atoms with Crippen LogP contribution >= 0.6 is 11.6 Å². The van der Waals surface area contributed by atoms with E-state index >= 15 is 0 Å². The number of benzene rings is 2. The normalized spacial score (nSPS) is 11.0. The van der Waals surface area contributed by atoms with Crippen LogP contribution in [0, 0.1) is 5.82 Å². The lowest BCUT2D eigenvalue weighted by molar-refractivity contribution is 0.0950. The van der Waals surface area contributed by atoms with Gasteiger partial charge in [-0.25, -0.2) is 14.4 Å². The lowest BCUT2D eigenvalue weighted by Crippen LogP contribution is -2.23. The Labute approximate surface area is 206 Å². The summed E-state index contributed by atoms with van der Waals surface area (Å²) in [5, 5.41) is 4.01. The minimum atomic E-state index is -0.407. The maximum Gasteiger partial charge on any atom is 0.251 e. The molecule has 5 aromatic rings. The number of hydrogen-bond donors (Lipinski definition) is 2. The summed E-state index contributed by atoms with van der Waals surface area (Å²) in [7, 11) is 0. The smallest absolute Gasteiger partial charge is 0.251 e. The molecule has 0 radical (unpaired) electrons. The Kier molecular flexibility index (Phi) is 6.50. The summed E-state index contributed by atoms with van der Waals surface area (Å²) < 4.78 is 14.4. The Morgan fingerprint density at radius 2 is 1.71 bits per heavy atom. The minimum absolute atomic E-state index is 0.0493. The molecule has 35 heavy (non-hydrogen) atoms. The number of H-pyrrole nitrogens is 1. The van der Waals surface area contributed by atoms with Crippen molar-refractivity contribution < 1.29 is 9.18 Å². The predicted octanol–water partition coefficient (Wildman–Crippen LogP) is 5.26. The summed E-state index contributed by atoms with van der Waals surface area (Å²) in [5.41, 5.74) is 5.52. The van der Waals surface area contributed by atoms with Gasteiger partial charge in [-0.05, 0) is 41.0 Å². The van der Waals surface area contributed by atoms with Gasteiger partial charge in [-0.2, -0.15) is 0 Å². The van der Waals surface area contributed by atoms with Gasteiger partial charge in [-0.15, -0.1) is 0 Å². The van der Waals surface area contributed by atoms with Gasteiger partial charge in [-0.3, -0.25) is 9.78 Å². The number of fused-ring (bicyclic) bond motifs is 1. The number of carbonyl (C=O) groups excluding carboxylic acids is 1. The average Bonchev–Trinajstić information content (AvgIpc) is 3.23. The first-order valence-corrected chi connectivity index (χ1v) is 11.4. The zero-order valence-corrected chi connectivity index (χ0v) is 19.4. The molecule has 3 heterocycles. The van der Waals surface area contributed by atoms with Crippen molar-refractivity contribution in [3.8, 4) is 0 Å². The zero-order chi connectivity index (χ0) is 24.2. The molecular formula is C27H21ClFN5O. The lowest BCUT2D eigenvalue weighted by Gasteiger charge is -2.09. The number of rotatable bonds is 7. The van der Waals surface area contributed by atoms with Crippen LogP contribution < -0.4 is 5.32 Å². The summed E-state index contributed by atoms with van der Waals surface area (Å²) in [6, 6.07) is 14.7. The van der Waals surface area contributed by atoms with Crippen molar-refractivity contribution in [2.24, 2.45) is 0 Å². The first-order valence-electron chi connectivity index (χ1n) is 11.0. The molecule has 5 rings (SSSR count). The number of halogens is 2. The molecule has 6 nitrogen and oxygen atoms in total. The molecule has 0 saturated carbocycles. The Morgan fingerprint density at radius 1 is 0.971 bits per heavy atom. The van der Waals surface area contributed by atoms with Gasteiger partial charge in [0.15, 0.2) is 0 Å². The molecule has 0 atom stereocenters. The van der Waals surface area contributed by atoms with E-state index in [-0.39, 0.29) is 12.5 Å². The van der Waals surface area contributed by atoms with Gasteiger partial charge in [0.25, 0.3) is 5.91 Å². The fourth-order valence-electron chi connectivity index (χ4n) is 3.92. The van der Waals surface area contributed by atoms with Crippen LogP contribution in [-0.2, 0) is 19.4 Å². The third kappa shape index (κ3) is 5.36. The summed E-state index contributed by atoms with van der Waals surface area (Å²) in [6.07, 6.45) is 9.71. The van der Waals surface area contributed by atoms with Crippen LogP contribution in [0.4, 0.5) is 4.39 Å². The van der Waals surface area contributed by atoms with E-state index < -0.39 is 5.82 Å². The van der Waals surface area contributed by atoms with Crippen molar-refractivity contribution in [2.75, 3.05) is 0 Å². The van der Waals surface area contributed by atoms with Crippen LogP contribution in [0.3, 0.4) is 0 Å². The highest BCUT2D eigenvalue weighted by atomic mass is 35.5. The van der Waals surface area contributed by atoms with Crippen LogP contribution in [0.25, 0.3) is 10.9 Å². The Balaban J connectivity index is 1.23. The molecule has 0 aliphatic carbocycles. The molecule has 8 heteroatoms. The van der Waals surface area contributed by atoms with Crippen molar-refractivity contribution in [3.05, 3.63) is 124 Å². The minimum Gasteiger partial charge on any atom is -0.360 e. The summed E-state index contributed by atoms with van der Waals surface area (Å²) in [5.74, 6) is -0.705. The highest BCUT2D eigenvalue weighted by molar-refractivity contribution is 6.35. The SMILES string of the molecule is O=C(NCc1cc2c(Cl)c[nH]c2cc1F)c1ccnc(Cc2ccc(Cc3cncnc3)cc2)c1. The first-order chi connectivity index (χ1) is 17.0. The van der Waals surface area contributed by atoms with Gasteiger partial charge in [0.1, 0.15) is 12.1 Å². The standard InChI is InChI=1S/C27H21ClFN5O/c28-24-15-33-26-11-25(29)21(10-23(24)26)14-34-27(35)20-5-6-32-22(9-20)8-18-3-1-17(2-4-18)7-19-12-30-16-31-13-19/h1-6,9-13,15-16,33H,7-8,14H2,(H,34,35). The number of aromatic nitrogens is 4. The van der Waals surface area contributed by atoms with Crippen LogP contribution in [0.5, 0.6) is 0 Å². The molecule has 0 fully saturated rings. The number of carbonyl (C=O) groups is 1. The largest absolute Gasteiger partial charge is 0.360 e. The summed E-state index contributed by atoms with van der Waals surface area (Å²) >= 11 is 6.13. The molecule has 0 aliphatic heterocycles. The van der Waals surface area contributed by atoms with Gasteiger partial charge in [-0.1, -0.05) is 35.9 Å². The molecule has 0 unspecified atom stereocenters. The molecule has 1 amide bonds. The van der Waals surface area contributed by atoms with Crippen LogP contribution in [0.1, 0.15) is 38.3 Å². The highest BCUT2D eigenvalue weighted by Crippen LogP contribution is 2.25. The van der Waals surface area contributed by atoms with E-state index in [0.29, 0.717) is 33.5 Å². The van der Waals surface area contributed by atoms with Gasteiger partial charge < -0.3 is 10.3 Å². The van der Waals surface area contributed by atoms with Crippen molar-refractivity contribution >= 4 is 28.4 Å². The van der Waals surface area contributed by atoms with Crippen molar-refractivity contribution in [1.82, 2.24) is 25.3 Å². The Morgan fingerprint density at radius 3 is 2.49 bits per heavy atom. The fourth-order valence-corrected chi connectivity index (χ4v) is 4.14. The topological polar surface area (TPSA) is 83.6 Å². The van der Waals surface area contributed by atoms with Gasteiger partial charge >= 0.3 is 0 Å². The molecule has 2 N–H and O–H groups in total. The molecule has 2 aromatic carbocycles. The number of aromatic amines is 1. The van der Waals surface area contributed by atoms with E-state index in [1.165, 1.54) is 12.4 Å². The molecule has 3 aromatic heterocycles. The molecule has 0 spiro atoms. The van der Waals surface area contributed by atoms with Gasteiger partial charge in [0.05, 0.1) is 5.02 Å². The van der Waals surface area contributed by atoms with Gasteiger partial charge in [0.2, 0.25) is 0 Å². The highest BCUT2D eigenvalue weighted by Gasteiger charge is 2.12. The van der Waals surface area contributed by atoms with E-state index in [2.05, 4.69) is 49.5 Å². The maximum absolute atomic E-state index is 14.4. The number of nitrogens with one attached hydrogen (secondary N) is 2. The lowest BCUT2D eigenvalue weighted by atomic mass is 10.0. The second kappa shape index (κ2) is 10.0. The Bertz CT molecular complexity index is 1490. The van der Waals surface area contributed by atoms with Gasteiger partial charge in [0, 0.05) is 71.9 Å². The first kappa shape index (κ1) is 22.7. The monoisotopic (exact) mass is 485 g/mol. The number of pyridine rings is 1. The zero-order valence-electron chi connectivity index (χ0n) is 18.6. The van der Waals surface area contributed by atoms with E-state index in [0.717, 1.165) is 28.8 Å². The van der Waals surface area contributed by atoms with E-state index in [1.807, 2.05) is 12.4 Å². The second-order valence-corrected chi connectivity index (χ2v) is 8.67. The van der Waals surface area contributed by atoms with Crippen LogP contribution in [0.2, 0.25) is 5.02 Å². The van der Waals surface area contributed by atoms with E-state index in [9.17, 15) is 9.18 Å². The number of amides is 1. The third-order valence-corrected chi connectivity index (χ3v) is 6.06. The van der Waals surface area contributed by atoms with Crippen molar-refractivity contribution in [3.63, 3.8) is 0 Å².